The lowest BCUT2D eigenvalue weighted by Crippen LogP contribution is -2.22. The first-order chi connectivity index (χ1) is 7.65. The van der Waals surface area contributed by atoms with Crippen LogP contribution in [0.5, 0.6) is 0 Å². The number of halogens is 2. The average molecular weight is 245 g/mol. The number of hydrogen-bond donors (Lipinski definition) is 1. The van der Waals surface area contributed by atoms with Gasteiger partial charge in [-0.15, -0.1) is 0 Å². The van der Waals surface area contributed by atoms with Gasteiger partial charge in [-0.3, -0.25) is 0 Å². The van der Waals surface area contributed by atoms with E-state index in [1.54, 1.807) is 17.8 Å². The molecule has 1 aromatic rings. The van der Waals surface area contributed by atoms with Gasteiger partial charge in [0.15, 0.2) is 11.6 Å². The van der Waals surface area contributed by atoms with Crippen molar-refractivity contribution >= 4 is 11.8 Å². The van der Waals surface area contributed by atoms with Crippen molar-refractivity contribution in [3.63, 3.8) is 0 Å². The van der Waals surface area contributed by atoms with Crippen LogP contribution in [0.15, 0.2) is 18.2 Å². The average Bonchev–Trinajstić information content (AvgIpc) is 2.25. The van der Waals surface area contributed by atoms with Gasteiger partial charge in [0.2, 0.25) is 0 Å². The Balaban J connectivity index is 2.40. The van der Waals surface area contributed by atoms with Crippen molar-refractivity contribution in [2.75, 3.05) is 18.6 Å². The summed E-state index contributed by atoms with van der Waals surface area (Å²) in [5, 5.41) is 3.13. The molecule has 1 aromatic carbocycles. The smallest absolute Gasteiger partial charge is 0.163 e. The molecule has 0 heterocycles. The molecule has 0 saturated heterocycles. The first-order valence-corrected chi connectivity index (χ1v) is 6.67. The van der Waals surface area contributed by atoms with Gasteiger partial charge in [-0.25, -0.2) is 8.78 Å². The SMILES string of the molecule is CSCC(C)CNCc1cccc(F)c1F. The fraction of sp³-hybridized carbons (Fsp3) is 0.500. The fourth-order valence-corrected chi connectivity index (χ4v) is 2.17. The van der Waals surface area contributed by atoms with E-state index in [1.165, 1.54) is 6.07 Å². The third-order valence-electron chi connectivity index (χ3n) is 2.29. The highest BCUT2D eigenvalue weighted by atomic mass is 32.2. The van der Waals surface area contributed by atoms with Gasteiger partial charge in [0, 0.05) is 12.1 Å². The van der Waals surface area contributed by atoms with Crippen molar-refractivity contribution in [1.82, 2.24) is 5.32 Å². The molecule has 0 aliphatic carbocycles. The summed E-state index contributed by atoms with van der Waals surface area (Å²) in [5.41, 5.74) is 0.386. The molecule has 0 aliphatic rings. The quantitative estimate of drug-likeness (QED) is 0.826. The molecule has 0 fully saturated rings. The zero-order chi connectivity index (χ0) is 12.0. The van der Waals surface area contributed by atoms with Crippen LogP contribution in [-0.2, 0) is 6.54 Å². The molecule has 90 valence electrons. The molecule has 16 heavy (non-hydrogen) atoms. The second-order valence-corrected chi connectivity index (χ2v) is 4.82. The summed E-state index contributed by atoms with van der Waals surface area (Å²) in [4.78, 5) is 0. The zero-order valence-electron chi connectivity index (χ0n) is 9.59. The van der Waals surface area contributed by atoms with Crippen molar-refractivity contribution in [2.24, 2.45) is 5.92 Å². The third-order valence-corrected chi connectivity index (χ3v) is 3.19. The van der Waals surface area contributed by atoms with Gasteiger partial charge < -0.3 is 5.32 Å². The molecule has 1 atom stereocenters. The van der Waals surface area contributed by atoms with Gasteiger partial charge in [-0.2, -0.15) is 11.8 Å². The summed E-state index contributed by atoms with van der Waals surface area (Å²) in [6, 6.07) is 4.26. The van der Waals surface area contributed by atoms with Crippen molar-refractivity contribution in [3.05, 3.63) is 35.4 Å². The van der Waals surface area contributed by atoms with Crippen LogP contribution in [0, 0.1) is 17.6 Å². The van der Waals surface area contributed by atoms with Crippen LogP contribution in [0.4, 0.5) is 8.78 Å². The Hall–Kier alpha value is -0.610. The first-order valence-electron chi connectivity index (χ1n) is 5.27. The van der Waals surface area contributed by atoms with Gasteiger partial charge in [0.1, 0.15) is 0 Å². The molecular formula is C12H17F2NS. The van der Waals surface area contributed by atoms with E-state index in [4.69, 9.17) is 0 Å². The van der Waals surface area contributed by atoms with Gasteiger partial charge in [-0.05, 0) is 30.5 Å². The normalized spacial score (nSPS) is 12.8. The lowest BCUT2D eigenvalue weighted by atomic mass is 10.2. The summed E-state index contributed by atoms with van der Waals surface area (Å²) in [7, 11) is 0. The van der Waals surface area contributed by atoms with Crippen molar-refractivity contribution in [1.29, 1.82) is 0 Å². The Morgan fingerprint density at radius 3 is 2.81 bits per heavy atom. The highest BCUT2D eigenvalue weighted by molar-refractivity contribution is 7.98. The van der Waals surface area contributed by atoms with Gasteiger partial charge in [-0.1, -0.05) is 19.1 Å². The molecule has 1 nitrogen and oxygen atoms in total. The molecule has 0 saturated carbocycles. The highest BCUT2D eigenvalue weighted by Crippen LogP contribution is 2.11. The van der Waals surface area contributed by atoms with Crippen LogP contribution >= 0.6 is 11.8 Å². The van der Waals surface area contributed by atoms with E-state index in [0.29, 0.717) is 18.0 Å². The Kier molecular flexibility index (Phi) is 5.77. The molecule has 1 rings (SSSR count). The van der Waals surface area contributed by atoms with E-state index < -0.39 is 11.6 Å². The minimum Gasteiger partial charge on any atom is -0.312 e. The number of hydrogen-bond acceptors (Lipinski definition) is 2. The highest BCUT2D eigenvalue weighted by Gasteiger charge is 2.07. The van der Waals surface area contributed by atoms with Crippen LogP contribution < -0.4 is 5.32 Å². The molecule has 0 spiro atoms. The number of thioether (sulfide) groups is 1. The summed E-state index contributed by atoms with van der Waals surface area (Å²) in [6.07, 6.45) is 2.06. The topological polar surface area (TPSA) is 12.0 Å². The van der Waals surface area contributed by atoms with Gasteiger partial charge >= 0.3 is 0 Å². The van der Waals surface area contributed by atoms with E-state index in [0.717, 1.165) is 18.4 Å². The zero-order valence-corrected chi connectivity index (χ0v) is 10.4. The number of nitrogens with one attached hydrogen (secondary N) is 1. The largest absolute Gasteiger partial charge is 0.312 e. The summed E-state index contributed by atoms with van der Waals surface area (Å²) >= 11 is 1.79. The van der Waals surface area contributed by atoms with Crippen LogP contribution in [0.2, 0.25) is 0 Å². The second-order valence-electron chi connectivity index (χ2n) is 3.90. The van der Waals surface area contributed by atoms with Crippen LogP contribution in [0.3, 0.4) is 0 Å². The van der Waals surface area contributed by atoms with E-state index >= 15 is 0 Å². The van der Waals surface area contributed by atoms with Crippen molar-refractivity contribution < 1.29 is 8.78 Å². The number of benzene rings is 1. The predicted molar refractivity (Wildman–Crippen MR) is 65.6 cm³/mol. The van der Waals surface area contributed by atoms with Crippen molar-refractivity contribution in [2.45, 2.75) is 13.5 Å². The maximum atomic E-state index is 13.3. The fourth-order valence-electron chi connectivity index (χ4n) is 1.48. The Morgan fingerprint density at radius 1 is 1.38 bits per heavy atom. The summed E-state index contributed by atoms with van der Waals surface area (Å²) < 4.78 is 26.1. The third kappa shape index (κ3) is 4.10. The minimum atomic E-state index is -0.781. The molecule has 1 N–H and O–H groups in total. The van der Waals surface area contributed by atoms with E-state index in [2.05, 4.69) is 18.5 Å². The standard InChI is InChI=1S/C12H17F2NS/c1-9(8-16-2)6-15-7-10-4-3-5-11(13)12(10)14/h3-5,9,15H,6-8H2,1-2H3. The van der Waals surface area contributed by atoms with Crippen LogP contribution in [0.25, 0.3) is 0 Å². The second kappa shape index (κ2) is 6.86. The lowest BCUT2D eigenvalue weighted by molar-refractivity contribution is 0.486. The van der Waals surface area contributed by atoms with Gasteiger partial charge in [0.25, 0.3) is 0 Å². The lowest BCUT2D eigenvalue weighted by Gasteiger charge is -2.11. The molecule has 4 heteroatoms. The molecule has 0 bridgehead atoms. The van der Waals surface area contributed by atoms with Gasteiger partial charge in [0.05, 0.1) is 0 Å². The van der Waals surface area contributed by atoms with Crippen molar-refractivity contribution in [3.8, 4) is 0 Å². The number of rotatable bonds is 6. The Bertz CT molecular complexity index is 331. The first kappa shape index (κ1) is 13.5. The Morgan fingerprint density at radius 2 is 2.12 bits per heavy atom. The molecular weight excluding hydrogens is 228 g/mol. The Labute approximate surface area is 99.6 Å². The predicted octanol–water partition coefficient (Wildman–Crippen LogP) is 3.05. The summed E-state index contributed by atoms with van der Waals surface area (Å²) in [5.74, 6) is 0.0779. The summed E-state index contributed by atoms with van der Waals surface area (Å²) in [6.45, 7) is 3.32. The molecule has 0 radical (unpaired) electrons. The molecule has 1 unspecified atom stereocenters. The van der Waals surface area contributed by atoms with Crippen LogP contribution in [0.1, 0.15) is 12.5 Å². The van der Waals surface area contributed by atoms with Crippen LogP contribution in [-0.4, -0.2) is 18.6 Å². The monoisotopic (exact) mass is 245 g/mol. The molecule has 0 amide bonds. The molecule has 0 aliphatic heterocycles. The molecule has 0 aromatic heterocycles. The van der Waals surface area contributed by atoms with E-state index in [1.807, 2.05) is 0 Å². The van der Waals surface area contributed by atoms with E-state index in [-0.39, 0.29) is 0 Å². The maximum Gasteiger partial charge on any atom is 0.163 e. The maximum absolute atomic E-state index is 13.3. The van der Waals surface area contributed by atoms with E-state index in [9.17, 15) is 8.78 Å². The minimum absolute atomic E-state index is 0.377.